The molecule has 0 atom stereocenters. The van der Waals surface area contributed by atoms with Gasteiger partial charge in [-0.3, -0.25) is 9.69 Å². The van der Waals surface area contributed by atoms with Crippen LogP contribution in [0.15, 0.2) is 59.5 Å². The molecule has 0 aromatic heterocycles. The van der Waals surface area contributed by atoms with Crippen LogP contribution in [0.25, 0.3) is 0 Å². The fraction of sp³-hybridized carbons (Fsp3) is 0.350. The van der Waals surface area contributed by atoms with Crippen molar-refractivity contribution in [2.24, 2.45) is 0 Å². The van der Waals surface area contributed by atoms with Crippen molar-refractivity contribution in [1.82, 2.24) is 14.9 Å². The molecule has 1 amide bonds. The molecule has 7 nitrogen and oxygen atoms in total. The van der Waals surface area contributed by atoms with Gasteiger partial charge in [0.25, 0.3) is 5.91 Å². The third-order valence-electron chi connectivity index (χ3n) is 4.88. The van der Waals surface area contributed by atoms with Crippen LogP contribution >= 0.6 is 0 Å². The van der Waals surface area contributed by atoms with E-state index >= 15 is 0 Å². The topological polar surface area (TPSA) is 81.7 Å². The summed E-state index contributed by atoms with van der Waals surface area (Å²) in [6.45, 7) is 5.10. The first-order valence-electron chi connectivity index (χ1n) is 9.34. The van der Waals surface area contributed by atoms with Crippen molar-refractivity contribution in [3.05, 3.63) is 60.2 Å². The van der Waals surface area contributed by atoms with Crippen LogP contribution in [-0.4, -0.2) is 65.5 Å². The summed E-state index contributed by atoms with van der Waals surface area (Å²) < 4.78 is 26.0. The van der Waals surface area contributed by atoms with Crippen molar-refractivity contribution < 1.29 is 13.2 Å². The average molecular weight is 403 g/mol. The van der Waals surface area contributed by atoms with Gasteiger partial charge in [-0.2, -0.15) is 0 Å². The Morgan fingerprint density at radius 2 is 1.71 bits per heavy atom. The number of nitrogens with one attached hydrogen (secondary N) is 2. The third-order valence-corrected chi connectivity index (χ3v) is 6.29. The van der Waals surface area contributed by atoms with Crippen molar-refractivity contribution in [2.75, 3.05) is 51.2 Å². The first kappa shape index (κ1) is 20.3. The van der Waals surface area contributed by atoms with Gasteiger partial charge in [-0.05, 0) is 37.4 Å². The Hall–Kier alpha value is -2.42. The quantitative estimate of drug-likeness (QED) is 0.726. The fourth-order valence-electron chi connectivity index (χ4n) is 3.22. The number of piperazine rings is 1. The molecule has 1 saturated heterocycles. The first-order valence-corrected chi connectivity index (χ1v) is 10.8. The molecule has 2 aromatic carbocycles. The molecule has 1 fully saturated rings. The fourth-order valence-corrected chi connectivity index (χ4v) is 4.00. The normalized spacial score (nSPS) is 15.4. The molecule has 0 bridgehead atoms. The van der Waals surface area contributed by atoms with Crippen LogP contribution in [0.2, 0.25) is 0 Å². The Morgan fingerprint density at radius 1 is 1.00 bits per heavy atom. The summed E-state index contributed by atoms with van der Waals surface area (Å²) in [5.41, 5.74) is 1.58. The van der Waals surface area contributed by atoms with Crippen LogP contribution in [0.3, 0.4) is 0 Å². The number of benzene rings is 2. The molecule has 1 aliphatic heterocycles. The number of para-hydroxylation sites is 1. The molecule has 1 heterocycles. The first-order chi connectivity index (χ1) is 13.5. The van der Waals surface area contributed by atoms with E-state index in [9.17, 15) is 13.2 Å². The van der Waals surface area contributed by atoms with Crippen LogP contribution < -0.4 is 14.9 Å². The van der Waals surface area contributed by atoms with Crippen LogP contribution in [-0.2, 0) is 10.0 Å². The highest BCUT2D eigenvalue weighted by Crippen LogP contribution is 2.15. The minimum atomic E-state index is -3.56. The van der Waals surface area contributed by atoms with Crippen molar-refractivity contribution in [1.29, 1.82) is 0 Å². The number of rotatable bonds is 7. The molecule has 3 rings (SSSR count). The predicted molar refractivity (Wildman–Crippen MR) is 110 cm³/mol. The zero-order chi connectivity index (χ0) is 20.0. The van der Waals surface area contributed by atoms with Gasteiger partial charge >= 0.3 is 0 Å². The molecule has 150 valence electrons. The maximum Gasteiger partial charge on any atom is 0.251 e. The van der Waals surface area contributed by atoms with E-state index in [0.717, 1.165) is 32.7 Å². The van der Waals surface area contributed by atoms with Gasteiger partial charge in [0.15, 0.2) is 0 Å². The van der Waals surface area contributed by atoms with Gasteiger partial charge in [0.05, 0.1) is 4.90 Å². The molecule has 1 aliphatic rings. The Balaban J connectivity index is 1.46. The molecule has 0 spiro atoms. The zero-order valence-corrected chi connectivity index (χ0v) is 16.8. The van der Waals surface area contributed by atoms with Crippen molar-refractivity contribution in [3.63, 3.8) is 0 Å². The Bertz CT molecular complexity index is 895. The second-order valence-electron chi connectivity index (χ2n) is 6.66. The molecule has 8 heteroatoms. The summed E-state index contributed by atoms with van der Waals surface area (Å²) in [4.78, 5) is 17.1. The van der Waals surface area contributed by atoms with E-state index in [1.807, 2.05) is 18.2 Å². The van der Waals surface area contributed by atoms with Crippen LogP contribution in [0.5, 0.6) is 0 Å². The maximum atomic E-state index is 12.3. The molecule has 0 radical (unpaired) electrons. The predicted octanol–water partition coefficient (Wildman–Crippen LogP) is 1.15. The highest BCUT2D eigenvalue weighted by atomic mass is 32.2. The number of nitrogens with zero attached hydrogens (tertiary/aromatic N) is 2. The van der Waals surface area contributed by atoms with E-state index in [2.05, 4.69) is 32.0 Å². The minimum absolute atomic E-state index is 0.0830. The SMILES string of the molecule is CNS(=O)(=O)c1cccc(C(=O)NCCN2CCN(c3ccccc3)CC2)c1. The Labute approximate surface area is 166 Å². The molecule has 28 heavy (non-hydrogen) atoms. The van der Waals surface area contributed by atoms with E-state index in [-0.39, 0.29) is 10.8 Å². The van der Waals surface area contributed by atoms with E-state index in [1.54, 1.807) is 12.1 Å². The lowest BCUT2D eigenvalue weighted by Gasteiger charge is -2.36. The summed E-state index contributed by atoms with van der Waals surface area (Å²) >= 11 is 0. The van der Waals surface area contributed by atoms with E-state index in [0.29, 0.717) is 12.1 Å². The van der Waals surface area contributed by atoms with Gasteiger partial charge in [-0.15, -0.1) is 0 Å². The average Bonchev–Trinajstić information content (AvgIpc) is 2.75. The number of anilines is 1. The Kier molecular flexibility index (Phi) is 6.66. The summed E-state index contributed by atoms with van der Waals surface area (Å²) in [6.07, 6.45) is 0. The maximum absolute atomic E-state index is 12.3. The number of carbonyl (C=O) groups is 1. The smallest absolute Gasteiger partial charge is 0.251 e. The van der Waals surface area contributed by atoms with Crippen molar-refractivity contribution in [2.45, 2.75) is 4.90 Å². The number of hydrogen-bond acceptors (Lipinski definition) is 5. The lowest BCUT2D eigenvalue weighted by atomic mass is 10.2. The minimum Gasteiger partial charge on any atom is -0.369 e. The summed E-state index contributed by atoms with van der Waals surface area (Å²) in [7, 11) is -2.22. The number of amides is 1. The molecule has 0 unspecified atom stereocenters. The van der Waals surface area contributed by atoms with E-state index in [1.165, 1.54) is 24.9 Å². The highest BCUT2D eigenvalue weighted by molar-refractivity contribution is 7.89. The lowest BCUT2D eigenvalue weighted by Crippen LogP contribution is -2.48. The van der Waals surface area contributed by atoms with Crippen molar-refractivity contribution in [3.8, 4) is 0 Å². The molecular formula is C20H26N4O3S. The zero-order valence-electron chi connectivity index (χ0n) is 16.0. The summed E-state index contributed by atoms with van der Waals surface area (Å²) in [6, 6.07) is 16.4. The van der Waals surface area contributed by atoms with Gasteiger partial charge in [0.2, 0.25) is 10.0 Å². The Morgan fingerprint density at radius 3 is 2.39 bits per heavy atom. The second-order valence-corrected chi connectivity index (χ2v) is 8.54. The van der Waals surface area contributed by atoms with E-state index in [4.69, 9.17) is 0 Å². The molecular weight excluding hydrogens is 376 g/mol. The van der Waals surface area contributed by atoms with E-state index < -0.39 is 10.0 Å². The molecule has 2 aromatic rings. The summed E-state index contributed by atoms with van der Waals surface area (Å²) in [5, 5.41) is 2.88. The van der Waals surface area contributed by atoms with Gasteiger partial charge in [0, 0.05) is 50.5 Å². The molecule has 0 saturated carbocycles. The van der Waals surface area contributed by atoms with Gasteiger partial charge in [0.1, 0.15) is 0 Å². The summed E-state index contributed by atoms with van der Waals surface area (Å²) in [5.74, 6) is -0.268. The van der Waals surface area contributed by atoms with Gasteiger partial charge in [-0.1, -0.05) is 24.3 Å². The third kappa shape index (κ3) is 5.09. The largest absolute Gasteiger partial charge is 0.369 e. The van der Waals surface area contributed by atoms with Crippen LogP contribution in [0.1, 0.15) is 10.4 Å². The van der Waals surface area contributed by atoms with Gasteiger partial charge in [-0.25, -0.2) is 13.1 Å². The van der Waals surface area contributed by atoms with Gasteiger partial charge < -0.3 is 10.2 Å². The second kappa shape index (κ2) is 9.18. The van der Waals surface area contributed by atoms with Crippen LogP contribution in [0.4, 0.5) is 5.69 Å². The number of hydrogen-bond donors (Lipinski definition) is 2. The molecule has 0 aliphatic carbocycles. The molecule has 2 N–H and O–H groups in total. The highest BCUT2D eigenvalue weighted by Gasteiger charge is 2.17. The number of sulfonamides is 1. The van der Waals surface area contributed by atoms with Crippen molar-refractivity contribution >= 4 is 21.6 Å². The van der Waals surface area contributed by atoms with Crippen LogP contribution in [0, 0.1) is 0 Å². The number of carbonyl (C=O) groups excluding carboxylic acids is 1. The standard InChI is InChI=1S/C20H26N4O3S/c1-21-28(26,27)19-9-5-6-17(16-19)20(25)22-10-11-23-12-14-24(15-13-23)18-7-3-2-4-8-18/h2-9,16,21H,10-15H2,1H3,(H,22,25). The lowest BCUT2D eigenvalue weighted by molar-refractivity contribution is 0.0947. The monoisotopic (exact) mass is 402 g/mol.